The van der Waals surface area contributed by atoms with Crippen LogP contribution in [-0.4, -0.2) is 22.6 Å². The zero-order valence-corrected chi connectivity index (χ0v) is 10.9. The van der Waals surface area contributed by atoms with Crippen molar-refractivity contribution >= 4 is 11.8 Å². The Kier molecular flexibility index (Phi) is 5.00. The van der Waals surface area contributed by atoms with Gasteiger partial charge in [0, 0.05) is 18.8 Å². The Hall–Kier alpha value is -1.58. The lowest BCUT2D eigenvalue weighted by molar-refractivity contribution is 0.617. The number of nitrogens with one attached hydrogen (secondary N) is 2. The quantitative estimate of drug-likeness (QED) is 0.618. The Balaban J connectivity index is 1.92. The van der Waals surface area contributed by atoms with Gasteiger partial charge in [-0.15, -0.1) is 6.58 Å². The molecule has 2 rings (SSSR count). The van der Waals surface area contributed by atoms with Gasteiger partial charge in [-0.05, 0) is 18.9 Å². The Morgan fingerprint density at radius 1 is 1.28 bits per heavy atom. The second kappa shape index (κ2) is 6.99. The Morgan fingerprint density at radius 3 is 2.78 bits per heavy atom. The summed E-state index contributed by atoms with van der Waals surface area (Å²) in [6.07, 6.45) is 11.5. The molecule has 0 unspecified atom stereocenters. The molecule has 1 fully saturated rings. The number of hydrogen-bond donors (Lipinski definition) is 2. The molecule has 0 spiro atoms. The van der Waals surface area contributed by atoms with Gasteiger partial charge in [0.15, 0.2) is 0 Å². The van der Waals surface area contributed by atoms with Crippen molar-refractivity contribution in [3.05, 3.63) is 24.9 Å². The molecule has 0 aromatic carbocycles. The van der Waals surface area contributed by atoms with Crippen LogP contribution >= 0.6 is 0 Å². The molecule has 0 amide bonds. The van der Waals surface area contributed by atoms with Gasteiger partial charge in [-0.1, -0.05) is 31.8 Å². The summed E-state index contributed by atoms with van der Waals surface area (Å²) in [5.74, 6) is 1.58. The molecule has 4 heteroatoms. The second-order valence-electron chi connectivity index (χ2n) is 4.77. The monoisotopic (exact) mass is 246 g/mol. The normalized spacial score (nSPS) is 16.9. The van der Waals surface area contributed by atoms with Crippen molar-refractivity contribution < 1.29 is 0 Å². The molecule has 0 radical (unpaired) electrons. The molecular formula is C14H22N4. The average Bonchev–Trinajstić information content (AvgIpc) is 2.65. The molecule has 1 aromatic heterocycles. The van der Waals surface area contributed by atoms with Gasteiger partial charge in [-0.25, -0.2) is 4.98 Å². The van der Waals surface area contributed by atoms with Gasteiger partial charge in [-0.2, -0.15) is 4.98 Å². The Morgan fingerprint density at radius 2 is 2.06 bits per heavy atom. The van der Waals surface area contributed by atoms with E-state index >= 15 is 0 Å². The van der Waals surface area contributed by atoms with Crippen LogP contribution in [0.1, 0.15) is 38.5 Å². The van der Waals surface area contributed by atoms with Crippen molar-refractivity contribution in [1.29, 1.82) is 0 Å². The fourth-order valence-electron chi connectivity index (χ4n) is 2.32. The minimum Gasteiger partial charge on any atom is -0.367 e. The fourth-order valence-corrected chi connectivity index (χ4v) is 2.32. The molecule has 1 aromatic rings. The number of nitrogens with zero attached hydrogens (tertiary/aromatic N) is 2. The van der Waals surface area contributed by atoms with Crippen LogP contribution in [0.4, 0.5) is 11.8 Å². The summed E-state index contributed by atoms with van der Waals surface area (Å²) < 4.78 is 0. The highest BCUT2D eigenvalue weighted by Crippen LogP contribution is 2.20. The van der Waals surface area contributed by atoms with E-state index in [1.807, 2.05) is 6.07 Å². The Bertz CT molecular complexity index is 370. The minimum absolute atomic E-state index is 0.564. The van der Waals surface area contributed by atoms with Crippen LogP contribution in [-0.2, 0) is 0 Å². The summed E-state index contributed by atoms with van der Waals surface area (Å²) in [6.45, 7) is 4.36. The molecule has 0 atom stereocenters. The van der Waals surface area contributed by atoms with Crippen molar-refractivity contribution in [1.82, 2.24) is 9.97 Å². The lowest BCUT2D eigenvalue weighted by Gasteiger charge is -2.17. The van der Waals surface area contributed by atoms with Crippen LogP contribution in [0.25, 0.3) is 0 Å². The third-order valence-electron chi connectivity index (χ3n) is 3.27. The molecular weight excluding hydrogens is 224 g/mol. The van der Waals surface area contributed by atoms with Gasteiger partial charge in [0.25, 0.3) is 0 Å². The van der Waals surface area contributed by atoms with E-state index in [1.54, 1.807) is 12.3 Å². The molecule has 1 heterocycles. The molecule has 1 aliphatic carbocycles. The van der Waals surface area contributed by atoms with Crippen LogP contribution < -0.4 is 10.6 Å². The number of anilines is 2. The van der Waals surface area contributed by atoms with Crippen molar-refractivity contribution in [2.24, 2.45) is 0 Å². The molecule has 1 aliphatic rings. The van der Waals surface area contributed by atoms with E-state index in [-0.39, 0.29) is 0 Å². The van der Waals surface area contributed by atoms with E-state index in [2.05, 4.69) is 27.2 Å². The summed E-state index contributed by atoms with van der Waals surface area (Å²) in [5.41, 5.74) is 0. The highest BCUT2D eigenvalue weighted by molar-refractivity contribution is 5.40. The van der Waals surface area contributed by atoms with Crippen molar-refractivity contribution in [2.75, 3.05) is 17.2 Å². The van der Waals surface area contributed by atoms with Gasteiger partial charge in [-0.3, -0.25) is 0 Å². The fraction of sp³-hybridized carbons (Fsp3) is 0.571. The van der Waals surface area contributed by atoms with E-state index < -0.39 is 0 Å². The molecule has 0 bridgehead atoms. The molecule has 0 saturated heterocycles. The van der Waals surface area contributed by atoms with Gasteiger partial charge in [0.05, 0.1) is 0 Å². The van der Waals surface area contributed by atoms with E-state index in [1.165, 1.54) is 38.5 Å². The number of aromatic nitrogens is 2. The first-order chi connectivity index (χ1) is 8.88. The first kappa shape index (κ1) is 12.9. The van der Waals surface area contributed by atoms with Crippen LogP contribution in [0.3, 0.4) is 0 Å². The van der Waals surface area contributed by atoms with E-state index in [0.29, 0.717) is 18.5 Å². The summed E-state index contributed by atoms with van der Waals surface area (Å²) in [5, 5.41) is 6.62. The molecule has 1 saturated carbocycles. The minimum atomic E-state index is 0.564. The first-order valence-electron chi connectivity index (χ1n) is 6.83. The molecule has 4 nitrogen and oxygen atoms in total. The standard InChI is InChI=1S/C14H22N4/c1-2-10-15-14-16-11-9-13(18-14)17-12-7-5-3-4-6-8-12/h2,9,11-12H,1,3-8,10H2,(H2,15,16,17,18). The number of hydrogen-bond acceptors (Lipinski definition) is 4. The van der Waals surface area contributed by atoms with E-state index in [0.717, 1.165) is 5.82 Å². The molecule has 18 heavy (non-hydrogen) atoms. The summed E-state index contributed by atoms with van der Waals surface area (Å²) in [7, 11) is 0. The lowest BCUT2D eigenvalue weighted by Crippen LogP contribution is -2.19. The van der Waals surface area contributed by atoms with Crippen LogP contribution in [0, 0.1) is 0 Å². The van der Waals surface area contributed by atoms with Crippen molar-refractivity contribution in [3.8, 4) is 0 Å². The summed E-state index contributed by atoms with van der Waals surface area (Å²) >= 11 is 0. The maximum Gasteiger partial charge on any atom is 0.224 e. The topological polar surface area (TPSA) is 49.8 Å². The zero-order valence-electron chi connectivity index (χ0n) is 10.9. The third kappa shape index (κ3) is 4.02. The van der Waals surface area contributed by atoms with Gasteiger partial charge in [0.1, 0.15) is 5.82 Å². The third-order valence-corrected chi connectivity index (χ3v) is 3.27. The summed E-state index contributed by atoms with van der Waals surface area (Å²) in [6, 6.07) is 2.50. The largest absolute Gasteiger partial charge is 0.367 e. The molecule has 2 N–H and O–H groups in total. The molecule has 98 valence electrons. The zero-order chi connectivity index (χ0) is 12.6. The van der Waals surface area contributed by atoms with E-state index in [4.69, 9.17) is 0 Å². The SMILES string of the molecule is C=CCNc1nccc(NC2CCCCCC2)n1. The maximum absolute atomic E-state index is 4.45. The van der Waals surface area contributed by atoms with Gasteiger partial charge in [0.2, 0.25) is 5.95 Å². The van der Waals surface area contributed by atoms with Crippen LogP contribution in [0.2, 0.25) is 0 Å². The van der Waals surface area contributed by atoms with Crippen molar-refractivity contribution in [2.45, 2.75) is 44.6 Å². The molecule has 0 aliphatic heterocycles. The highest BCUT2D eigenvalue weighted by Gasteiger charge is 2.12. The van der Waals surface area contributed by atoms with Gasteiger partial charge < -0.3 is 10.6 Å². The Labute approximate surface area is 109 Å². The maximum atomic E-state index is 4.45. The smallest absolute Gasteiger partial charge is 0.224 e. The highest BCUT2D eigenvalue weighted by atomic mass is 15.1. The number of rotatable bonds is 5. The first-order valence-corrected chi connectivity index (χ1v) is 6.83. The lowest BCUT2D eigenvalue weighted by atomic mass is 10.1. The van der Waals surface area contributed by atoms with E-state index in [9.17, 15) is 0 Å². The van der Waals surface area contributed by atoms with Crippen molar-refractivity contribution in [3.63, 3.8) is 0 Å². The van der Waals surface area contributed by atoms with Crippen LogP contribution in [0.15, 0.2) is 24.9 Å². The predicted octanol–water partition coefficient (Wildman–Crippen LogP) is 3.21. The second-order valence-corrected chi connectivity index (χ2v) is 4.77. The predicted molar refractivity (Wildman–Crippen MR) is 75.8 cm³/mol. The van der Waals surface area contributed by atoms with Crippen LogP contribution in [0.5, 0.6) is 0 Å². The van der Waals surface area contributed by atoms with Gasteiger partial charge >= 0.3 is 0 Å². The summed E-state index contributed by atoms with van der Waals surface area (Å²) in [4.78, 5) is 8.63. The average molecular weight is 246 g/mol.